The summed E-state index contributed by atoms with van der Waals surface area (Å²) in [5.41, 5.74) is 1.13. The minimum Gasteiger partial charge on any atom is -0.326 e. The molecule has 5 nitrogen and oxygen atoms in total. The highest BCUT2D eigenvalue weighted by atomic mass is 35.5. The van der Waals surface area contributed by atoms with E-state index >= 15 is 0 Å². The van der Waals surface area contributed by atoms with Gasteiger partial charge < -0.3 is 16.0 Å². The molecule has 1 aromatic rings. The molecule has 112 valence electrons. The lowest BCUT2D eigenvalue weighted by Crippen LogP contribution is -2.28. The van der Waals surface area contributed by atoms with Gasteiger partial charge in [0.1, 0.15) is 0 Å². The first-order chi connectivity index (χ1) is 8.93. The van der Waals surface area contributed by atoms with Crippen LogP contribution in [-0.2, 0) is 9.59 Å². The van der Waals surface area contributed by atoms with Crippen LogP contribution in [0.3, 0.4) is 0 Å². The Morgan fingerprint density at radius 1 is 1.30 bits per heavy atom. The molecular formula is C13H19Cl2N3O2. The van der Waals surface area contributed by atoms with Crippen molar-refractivity contribution >= 4 is 47.2 Å². The summed E-state index contributed by atoms with van der Waals surface area (Å²) in [6, 6.07) is 4.96. The molecule has 1 unspecified atom stereocenters. The van der Waals surface area contributed by atoms with Crippen molar-refractivity contribution in [3.05, 3.63) is 23.2 Å². The summed E-state index contributed by atoms with van der Waals surface area (Å²) in [5.74, 6) is -0.419. The molecule has 0 radical (unpaired) electrons. The van der Waals surface area contributed by atoms with Gasteiger partial charge in [0.2, 0.25) is 11.8 Å². The van der Waals surface area contributed by atoms with Crippen LogP contribution in [0.1, 0.15) is 13.8 Å². The number of anilines is 2. The van der Waals surface area contributed by atoms with E-state index in [1.807, 2.05) is 6.92 Å². The molecule has 20 heavy (non-hydrogen) atoms. The fourth-order valence-corrected chi connectivity index (χ4v) is 1.78. The number of carbonyl (C=O) groups excluding carboxylic acids is 2. The molecule has 0 aliphatic rings. The first kappa shape index (κ1) is 18.7. The van der Waals surface area contributed by atoms with E-state index in [1.165, 1.54) is 6.92 Å². The number of amides is 2. The van der Waals surface area contributed by atoms with Gasteiger partial charge in [0.15, 0.2) is 0 Å². The Bertz CT molecular complexity index is 481. The van der Waals surface area contributed by atoms with Crippen LogP contribution in [0.25, 0.3) is 0 Å². The number of hydrogen-bond acceptors (Lipinski definition) is 3. The normalized spacial score (nSPS) is 11.2. The summed E-state index contributed by atoms with van der Waals surface area (Å²) in [7, 11) is 1.79. The first-order valence-electron chi connectivity index (χ1n) is 5.96. The van der Waals surface area contributed by atoms with Crippen LogP contribution in [0.2, 0.25) is 5.02 Å². The van der Waals surface area contributed by atoms with E-state index in [4.69, 9.17) is 11.6 Å². The Balaban J connectivity index is 0.00000361. The van der Waals surface area contributed by atoms with E-state index in [0.717, 1.165) is 0 Å². The fourth-order valence-electron chi connectivity index (χ4n) is 1.55. The van der Waals surface area contributed by atoms with Gasteiger partial charge >= 0.3 is 0 Å². The molecule has 7 heteroatoms. The van der Waals surface area contributed by atoms with Crippen molar-refractivity contribution in [3.8, 4) is 0 Å². The van der Waals surface area contributed by atoms with E-state index in [1.54, 1.807) is 25.2 Å². The summed E-state index contributed by atoms with van der Waals surface area (Å²) in [5, 5.41) is 8.70. The van der Waals surface area contributed by atoms with E-state index in [2.05, 4.69) is 16.0 Å². The van der Waals surface area contributed by atoms with E-state index < -0.39 is 0 Å². The Hall–Kier alpha value is -1.30. The monoisotopic (exact) mass is 319 g/mol. The van der Waals surface area contributed by atoms with Crippen molar-refractivity contribution in [1.82, 2.24) is 5.32 Å². The smallest absolute Gasteiger partial charge is 0.228 e. The lowest BCUT2D eigenvalue weighted by atomic mass is 10.1. The van der Waals surface area contributed by atoms with Crippen molar-refractivity contribution < 1.29 is 9.59 Å². The van der Waals surface area contributed by atoms with Crippen LogP contribution in [0.15, 0.2) is 18.2 Å². The zero-order valence-corrected chi connectivity index (χ0v) is 13.2. The number of hydrogen-bond donors (Lipinski definition) is 3. The van der Waals surface area contributed by atoms with Gasteiger partial charge in [-0.3, -0.25) is 9.59 Å². The Morgan fingerprint density at radius 3 is 2.45 bits per heavy atom. The predicted molar refractivity (Wildman–Crippen MR) is 84.7 cm³/mol. The molecule has 1 atom stereocenters. The quantitative estimate of drug-likeness (QED) is 0.781. The summed E-state index contributed by atoms with van der Waals surface area (Å²) in [6.45, 7) is 3.84. The molecule has 0 aliphatic carbocycles. The average Bonchev–Trinajstić information content (AvgIpc) is 2.32. The summed E-state index contributed by atoms with van der Waals surface area (Å²) in [4.78, 5) is 22.8. The van der Waals surface area contributed by atoms with Crippen molar-refractivity contribution in [2.45, 2.75) is 13.8 Å². The van der Waals surface area contributed by atoms with Gasteiger partial charge in [-0.15, -0.1) is 12.4 Å². The highest BCUT2D eigenvalue weighted by molar-refractivity contribution is 6.34. The molecule has 0 bridgehead atoms. The zero-order valence-electron chi connectivity index (χ0n) is 11.6. The molecule has 3 N–H and O–H groups in total. The maximum absolute atomic E-state index is 11.8. The molecule has 1 aromatic carbocycles. The van der Waals surface area contributed by atoms with Crippen molar-refractivity contribution in [2.24, 2.45) is 5.92 Å². The van der Waals surface area contributed by atoms with Crippen molar-refractivity contribution in [2.75, 3.05) is 24.2 Å². The molecule has 0 fully saturated rings. The van der Waals surface area contributed by atoms with Gasteiger partial charge in [-0.25, -0.2) is 0 Å². The SMILES string of the molecule is CNCC(C)C(=O)Nc1ccc(NC(C)=O)c(Cl)c1.Cl. The number of rotatable bonds is 5. The van der Waals surface area contributed by atoms with Crippen molar-refractivity contribution in [1.29, 1.82) is 0 Å². The Morgan fingerprint density at radius 2 is 1.95 bits per heavy atom. The minimum atomic E-state index is -0.193. The largest absolute Gasteiger partial charge is 0.326 e. The summed E-state index contributed by atoms with van der Waals surface area (Å²) >= 11 is 6.02. The second-order valence-electron chi connectivity index (χ2n) is 4.32. The lowest BCUT2D eigenvalue weighted by Gasteiger charge is -2.13. The van der Waals surface area contributed by atoms with Crippen LogP contribution in [-0.4, -0.2) is 25.4 Å². The fraction of sp³-hybridized carbons (Fsp3) is 0.385. The molecule has 0 saturated carbocycles. The number of halogens is 2. The Labute approximate surface area is 129 Å². The van der Waals surface area contributed by atoms with Crippen LogP contribution in [0.4, 0.5) is 11.4 Å². The third-order valence-corrected chi connectivity index (χ3v) is 2.82. The second-order valence-corrected chi connectivity index (χ2v) is 4.73. The summed E-state index contributed by atoms with van der Waals surface area (Å²) in [6.07, 6.45) is 0. The molecule has 1 rings (SSSR count). The van der Waals surface area contributed by atoms with E-state index in [9.17, 15) is 9.59 Å². The third-order valence-electron chi connectivity index (χ3n) is 2.51. The molecule has 0 saturated heterocycles. The Kier molecular flexibility index (Phi) is 8.22. The molecule has 0 aliphatic heterocycles. The highest BCUT2D eigenvalue weighted by Crippen LogP contribution is 2.25. The molecule has 2 amide bonds. The van der Waals surface area contributed by atoms with Crippen LogP contribution < -0.4 is 16.0 Å². The van der Waals surface area contributed by atoms with Gasteiger partial charge in [0, 0.05) is 25.1 Å². The van der Waals surface area contributed by atoms with Gasteiger partial charge in [-0.05, 0) is 25.2 Å². The predicted octanol–water partition coefficient (Wildman–Crippen LogP) is 2.51. The van der Waals surface area contributed by atoms with E-state index in [0.29, 0.717) is 22.9 Å². The van der Waals surface area contributed by atoms with Crippen LogP contribution in [0, 0.1) is 5.92 Å². The number of carbonyl (C=O) groups is 2. The van der Waals surface area contributed by atoms with Gasteiger partial charge in [-0.2, -0.15) is 0 Å². The van der Waals surface area contributed by atoms with Crippen LogP contribution in [0.5, 0.6) is 0 Å². The average molecular weight is 320 g/mol. The maximum Gasteiger partial charge on any atom is 0.228 e. The van der Waals surface area contributed by atoms with Gasteiger partial charge in [0.25, 0.3) is 0 Å². The maximum atomic E-state index is 11.8. The van der Waals surface area contributed by atoms with Gasteiger partial charge in [-0.1, -0.05) is 18.5 Å². The molecule has 0 spiro atoms. The summed E-state index contributed by atoms with van der Waals surface area (Å²) < 4.78 is 0. The molecule has 0 heterocycles. The third kappa shape index (κ3) is 5.77. The highest BCUT2D eigenvalue weighted by Gasteiger charge is 2.12. The van der Waals surface area contributed by atoms with Gasteiger partial charge in [0.05, 0.1) is 10.7 Å². The van der Waals surface area contributed by atoms with Crippen LogP contribution >= 0.6 is 24.0 Å². The minimum absolute atomic E-state index is 0. The number of nitrogens with one attached hydrogen (secondary N) is 3. The first-order valence-corrected chi connectivity index (χ1v) is 6.34. The number of benzene rings is 1. The lowest BCUT2D eigenvalue weighted by molar-refractivity contribution is -0.119. The molecule has 0 aromatic heterocycles. The standard InChI is InChI=1S/C13H18ClN3O2.ClH/c1-8(7-15-3)13(19)17-10-4-5-12(11(14)6-10)16-9(2)18;/h4-6,8,15H,7H2,1-3H3,(H,16,18)(H,17,19);1H. The second kappa shape index (κ2) is 8.79. The topological polar surface area (TPSA) is 70.2 Å². The molecular weight excluding hydrogens is 301 g/mol. The van der Waals surface area contributed by atoms with Crippen molar-refractivity contribution in [3.63, 3.8) is 0 Å². The zero-order chi connectivity index (χ0) is 14.4. The van der Waals surface area contributed by atoms with E-state index in [-0.39, 0.29) is 30.1 Å².